The Kier molecular flexibility index (Phi) is 36.6. The fraction of sp³-hybridized carbons (Fsp3) is 0.796. The third kappa shape index (κ3) is 26.8. The maximum absolute atomic E-state index is 13.2. The van der Waals surface area contributed by atoms with Gasteiger partial charge in [-0.3, -0.25) is 4.79 Å². The average Bonchev–Trinajstić information content (AvgIpc) is 3.34. The molecule has 394 valence electrons. The second-order valence-electron chi connectivity index (χ2n) is 18.6. The second kappa shape index (κ2) is 40.3. The first-order valence-corrected chi connectivity index (χ1v) is 26.5. The molecular weight excluding hydrogens is 871 g/mol. The van der Waals surface area contributed by atoms with Gasteiger partial charge in [0.15, 0.2) is 12.6 Å². The summed E-state index contributed by atoms with van der Waals surface area (Å²) in [6.07, 6.45) is 32.8. The van der Waals surface area contributed by atoms with E-state index in [-0.39, 0.29) is 18.9 Å². The van der Waals surface area contributed by atoms with E-state index in [1.54, 1.807) is 6.08 Å². The normalized spacial score (nSPS) is 26.9. The number of aliphatic hydroxyl groups is 8. The molecule has 0 aromatic heterocycles. The molecule has 2 aliphatic heterocycles. The molecule has 14 heteroatoms. The van der Waals surface area contributed by atoms with E-state index < -0.39 is 86.8 Å². The smallest absolute Gasteiger partial charge is 0.220 e. The van der Waals surface area contributed by atoms with E-state index >= 15 is 0 Å². The van der Waals surface area contributed by atoms with Gasteiger partial charge in [-0.15, -0.1) is 0 Å². The molecule has 2 saturated heterocycles. The highest BCUT2D eigenvalue weighted by molar-refractivity contribution is 5.76. The van der Waals surface area contributed by atoms with Crippen LogP contribution in [0.3, 0.4) is 0 Å². The Hall–Kier alpha value is -2.31. The van der Waals surface area contributed by atoms with Crippen molar-refractivity contribution in [2.24, 2.45) is 0 Å². The van der Waals surface area contributed by atoms with Gasteiger partial charge in [0.05, 0.1) is 32.0 Å². The third-order valence-electron chi connectivity index (χ3n) is 12.7. The van der Waals surface area contributed by atoms with Crippen molar-refractivity contribution >= 4 is 5.91 Å². The molecule has 2 heterocycles. The molecule has 12 atom stereocenters. The summed E-state index contributed by atoms with van der Waals surface area (Å²) in [6.45, 7) is 2.68. The maximum atomic E-state index is 13.2. The van der Waals surface area contributed by atoms with Crippen LogP contribution in [0, 0.1) is 0 Å². The van der Waals surface area contributed by atoms with Crippen LogP contribution in [0.4, 0.5) is 0 Å². The molecule has 12 unspecified atom stereocenters. The highest BCUT2D eigenvalue weighted by Gasteiger charge is 2.51. The summed E-state index contributed by atoms with van der Waals surface area (Å²) in [5, 5.41) is 86.6. The summed E-state index contributed by atoms with van der Waals surface area (Å²) in [4.78, 5) is 13.2. The van der Waals surface area contributed by atoms with E-state index in [0.29, 0.717) is 12.8 Å². The lowest BCUT2D eigenvalue weighted by Crippen LogP contribution is -2.65. The van der Waals surface area contributed by atoms with E-state index in [1.165, 1.54) is 89.9 Å². The van der Waals surface area contributed by atoms with Crippen LogP contribution in [-0.2, 0) is 23.7 Å². The number of ether oxygens (including phenoxy) is 4. The summed E-state index contributed by atoms with van der Waals surface area (Å²) in [7, 11) is 0. The predicted molar refractivity (Wildman–Crippen MR) is 267 cm³/mol. The van der Waals surface area contributed by atoms with Crippen molar-refractivity contribution in [1.82, 2.24) is 5.32 Å². The zero-order valence-electron chi connectivity index (χ0n) is 41.8. The van der Waals surface area contributed by atoms with E-state index in [4.69, 9.17) is 18.9 Å². The molecule has 14 nitrogen and oxygen atoms in total. The van der Waals surface area contributed by atoms with Gasteiger partial charge in [-0.2, -0.15) is 0 Å². The van der Waals surface area contributed by atoms with Crippen molar-refractivity contribution in [3.8, 4) is 0 Å². The maximum Gasteiger partial charge on any atom is 0.220 e. The molecule has 0 spiro atoms. The van der Waals surface area contributed by atoms with Crippen molar-refractivity contribution in [2.45, 2.75) is 254 Å². The van der Waals surface area contributed by atoms with Crippen molar-refractivity contribution in [2.75, 3.05) is 19.8 Å². The molecule has 2 fully saturated rings. The fourth-order valence-electron chi connectivity index (χ4n) is 8.31. The minimum absolute atomic E-state index is 0.259. The SMILES string of the molecule is CCCCC/C=C/CC/C=C/C(O)C(COC1OC(CO)C(OC2OC(CO)C(O)C(O)C2O)C(O)C1O)NC(=O)CCCCCCCCCCCC/C=C\C/C=C\C/C=C\CCCCCCC. The van der Waals surface area contributed by atoms with Crippen LogP contribution in [0.25, 0.3) is 0 Å². The first kappa shape index (κ1) is 61.8. The van der Waals surface area contributed by atoms with Crippen LogP contribution in [0.15, 0.2) is 60.8 Å². The molecule has 2 aliphatic rings. The third-order valence-corrected chi connectivity index (χ3v) is 12.7. The largest absolute Gasteiger partial charge is 0.394 e. The minimum Gasteiger partial charge on any atom is -0.394 e. The molecule has 0 aromatic rings. The first-order chi connectivity index (χ1) is 33.1. The van der Waals surface area contributed by atoms with Crippen molar-refractivity contribution < 1.29 is 64.6 Å². The Morgan fingerprint density at radius 2 is 0.985 bits per heavy atom. The number of carbonyl (C=O) groups is 1. The molecule has 0 aromatic carbocycles. The van der Waals surface area contributed by atoms with Crippen LogP contribution >= 0.6 is 0 Å². The Morgan fingerprint density at radius 1 is 0.529 bits per heavy atom. The summed E-state index contributed by atoms with van der Waals surface area (Å²) >= 11 is 0. The number of allylic oxidation sites excluding steroid dienone is 9. The van der Waals surface area contributed by atoms with Crippen molar-refractivity contribution in [3.05, 3.63) is 60.8 Å². The van der Waals surface area contributed by atoms with Gasteiger partial charge in [0.25, 0.3) is 0 Å². The van der Waals surface area contributed by atoms with Crippen LogP contribution in [0.1, 0.15) is 181 Å². The van der Waals surface area contributed by atoms with E-state index in [1.807, 2.05) is 6.08 Å². The Bertz CT molecular complexity index is 1370. The number of hydrogen-bond donors (Lipinski definition) is 9. The summed E-state index contributed by atoms with van der Waals surface area (Å²) in [5.41, 5.74) is 0. The van der Waals surface area contributed by atoms with E-state index in [0.717, 1.165) is 57.8 Å². The number of rotatable bonds is 40. The zero-order chi connectivity index (χ0) is 49.6. The lowest BCUT2D eigenvalue weighted by molar-refractivity contribution is -0.359. The Morgan fingerprint density at radius 3 is 1.57 bits per heavy atom. The van der Waals surface area contributed by atoms with Crippen LogP contribution in [0.2, 0.25) is 0 Å². The second-order valence-corrected chi connectivity index (χ2v) is 18.6. The summed E-state index contributed by atoms with van der Waals surface area (Å²) < 4.78 is 22.6. The summed E-state index contributed by atoms with van der Waals surface area (Å²) in [6, 6.07) is -0.933. The molecule has 0 saturated carbocycles. The molecule has 0 radical (unpaired) electrons. The number of nitrogens with one attached hydrogen (secondary N) is 1. The molecule has 9 N–H and O–H groups in total. The number of carbonyl (C=O) groups excluding carboxylic acids is 1. The van der Waals surface area contributed by atoms with Gasteiger partial charge in [-0.1, -0.05) is 164 Å². The quantitative estimate of drug-likeness (QED) is 0.0215. The molecule has 1 amide bonds. The Balaban J connectivity index is 1.74. The number of amides is 1. The van der Waals surface area contributed by atoms with Gasteiger partial charge in [0.1, 0.15) is 48.8 Å². The highest BCUT2D eigenvalue weighted by atomic mass is 16.7. The van der Waals surface area contributed by atoms with Crippen LogP contribution < -0.4 is 5.32 Å². The predicted octanol–water partition coefficient (Wildman–Crippen LogP) is 7.44. The number of aliphatic hydroxyl groups excluding tert-OH is 8. The van der Waals surface area contributed by atoms with Crippen molar-refractivity contribution in [3.63, 3.8) is 0 Å². The van der Waals surface area contributed by atoms with Crippen LogP contribution in [-0.4, -0.2) is 140 Å². The molecular formula is C54H95NO13. The van der Waals surface area contributed by atoms with Crippen LogP contribution in [0.5, 0.6) is 0 Å². The van der Waals surface area contributed by atoms with Gasteiger partial charge in [-0.05, 0) is 70.6 Å². The Labute approximate surface area is 409 Å². The molecule has 0 aliphatic carbocycles. The van der Waals surface area contributed by atoms with E-state index in [2.05, 4.69) is 67.8 Å². The number of unbranched alkanes of at least 4 members (excludes halogenated alkanes) is 19. The van der Waals surface area contributed by atoms with Gasteiger partial charge in [0, 0.05) is 6.42 Å². The average molecular weight is 966 g/mol. The fourth-order valence-corrected chi connectivity index (χ4v) is 8.31. The first-order valence-electron chi connectivity index (χ1n) is 26.5. The van der Waals surface area contributed by atoms with Gasteiger partial charge < -0.3 is 65.1 Å². The van der Waals surface area contributed by atoms with Gasteiger partial charge >= 0.3 is 0 Å². The molecule has 2 rings (SSSR count). The number of hydrogen-bond acceptors (Lipinski definition) is 13. The topological polar surface area (TPSA) is 228 Å². The van der Waals surface area contributed by atoms with Gasteiger partial charge in [-0.25, -0.2) is 0 Å². The highest BCUT2D eigenvalue weighted by Crippen LogP contribution is 2.30. The molecule has 0 bridgehead atoms. The lowest BCUT2D eigenvalue weighted by atomic mass is 9.97. The van der Waals surface area contributed by atoms with Gasteiger partial charge in [0.2, 0.25) is 5.91 Å². The lowest BCUT2D eigenvalue weighted by Gasteiger charge is -2.46. The monoisotopic (exact) mass is 966 g/mol. The summed E-state index contributed by atoms with van der Waals surface area (Å²) in [5.74, 6) is -0.259. The minimum atomic E-state index is -1.79. The van der Waals surface area contributed by atoms with Crippen molar-refractivity contribution in [1.29, 1.82) is 0 Å². The zero-order valence-corrected chi connectivity index (χ0v) is 41.8. The standard InChI is InChI=1S/C54H95NO13/c1-3-5-7-9-11-13-14-15-16-17-18-19-20-21-22-23-24-25-26-27-28-30-32-34-36-38-46(59)55-42(43(58)37-35-33-31-29-12-10-8-6-4-2)41-65-53-51(64)49(62)52(45(40-57)67-53)68-54-50(63)48(61)47(60)44(39-56)66-54/h12,14-15,17-18,20-21,29,35,37,42-45,47-54,56-58,60-64H,3-11,13,16,19,22-28,30-34,36,38-41H2,1-2H3,(H,55,59)/b15-14-,18-17-,21-20-,29-12+,37-35+. The van der Waals surface area contributed by atoms with E-state index in [9.17, 15) is 45.6 Å². The molecule has 68 heavy (non-hydrogen) atoms.